The molecule has 0 heterocycles. The second-order valence-corrected chi connectivity index (χ2v) is 3.10. The normalized spacial score (nSPS) is 10.3. The predicted molar refractivity (Wildman–Crippen MR) is 49.0 cm³/mol. The molecule has 0 bridgehead atoms. The molecule has 84 valence electrons. The monoisotopic (exact) mass is 216 g/mol. The van der Waals surface area contributed by atoms with Crippen LogP contribution in [0.2, 0.25) is 0 Å². The van der Waals surface area contributed by atoms with E-state index in [1.165, 1.54) is 13.8 Å². The summed E-state index contributed by atoms with van der Waals surface area (Å²) in [6.45, 7) is 4.90. The molecular weight excluding hydrogens is 204 g/mol. The lowest BCUT2D eigenvalue weighted by Gasteiger charge is -2.19. The number of rotatable bonds is 5. The van der Waals surface area contributed by atoms with Gasteiger partial charge in [-0.1, -0.05) is 6.58 Å². The summed E-state index contributed by atoms with van der Waals surface area (Å²) in [4.78, 5) is 32.1. The van der Waals surface area contributed by atoms with E-state index in [4.69, 9.17) is 5.11 Å². The van der Waals surface area contributed by atoms with Crippen molar-refractivity contribution in [3.63, 3.8) is 0 Å². The molecule has 0 spiro atoms. The summed E-state index contributed by atoms with van der Waals surface area (Å²) in [6, 6.07) is 0. The number of esters is 2. The molecule has 0 aliphatic carbocycles. The quantitative estimate of drug-likeness (QED) is 0.518. The van der Waals surface area contributed by atoms with E-state index in [2.05, 4.69) is 16.1 Å². The highest BCUT2D eigenvalue weighted by Gasteiger charge is 2.31. The Labute approximate surface area is 86.5 Å². The highest BCUT2D eigenvalue weighted by Crippen LogP contribution is 2.09. The van der Waals surface area contributed by atoms with Crippen molar-refractivity contribution in [1.82, 2.24) is 0 Å². The number of carbonyl (C=O) groups is 3. The molecule has 0 atom stereocenters. The zero-order valence-electron chi connectivity index (χ0n) is 8.48. The van der Waals surface area contributed by atoms with Crippen LogP contribution in [0.3, 0.4) is 0 Å². The van der Waals surface area contributed by atoms with Crippen LogP contribution in [0.15, 0.2) is 12.7 Å². The van der Waals surface area contributed by atoms with Crippen LogP contribution in [0.25, 0.3) is 0 Å². The van der Waals surface area contributed by atoms with E-state index < -0.39 is 30.1 Å². The van der Waals surface area contributed by atoms with Crippen LogP contribution in [0.5, 0.6) is 0 Å². The number of hydrogen-bond donors (Lipinski definition) is 1. The summed E-state index contributed by atoms with van der Waals surface area (Å²) in [6.07, 6.45) is 0.885. The summed E-state index contributed by atoms with van der Waals surface area (Å²) >= 11 is 0. The van der Waals surface area contributed by atoms with Crippen molar-refractivity contribution in [3.8, 4) is 0 Å². The predicted octanol–water partition coefficient (Wildman–Crippen LogP) is 0.122. The van der Waals surface area contributed by atoms with Gasteiger partial charge in [-0.3, -0.25) is 0 Å². The molecule has 15 heavy (non-hydrogen) atoms. The Hall–Kier alpha value is -1.85. The summed E-state index contributed by atoms with van der Waals surface area (Å²) in [5.74, 6) is -3.00. The molecule has 0 aliphatic rings. The Bertz CT molecular complexity index is 291. The minimum atomic E-state index is -1.64. The molecule has 0 unspecified atom stereocenters. The maximum absolute atomic E-state index is 11.0. The van der Waals surface area contributed by atoms with Crippen LogP contribution >= 0.6 is 0 Å². The number of carboxylic acids is 1. The summed E-state index contributed by atoms with van der Waals surface area (Å²) < 4.78 is 8.90. The standard InChI is InChI=1S/C9H12O6/c1-4-6(10)14-5-7(11)15-9(2,3)8(12)13/h4H,1,5H2,2-3H3,(H,12,13). The lowest BCUT2D eigenvalue weighted by atomic mass is 10.1. The van der Waals surface area contributed by atoms with Gasteiger partial charge in [0.25, 0.3) is 0 Å². The van der Waals surface area contributed by atoms with Crippen molar-refractivity contribution in [2.45, 2.75) is 19.4 Å². The molecule has 0 aromatic rings. The Kier molecular flexibility index (Phi) is 4.50. The first-order chi connectivity index (χ1) is 6.79. The van der Waals surface area contributed by atoms with Crippen LogP contribution in [0, 0.1) is 0 Å². The van der Waals surface area contributed by atoms with Crippen molar-refractivity contribution in [2.75, 3.05) is 6.61 Å². The molecule has 0 saturated carbocycles. The molecule has 0 saturated heterocycles. The Morgan fingerprint density at radius 2 is 1.93 bits per heavy atom. The van der Waals surface area contributed by atoms with Gasteiger partial charge in [0.1, 0.15) is 0 Å². The fourth-order valence-electron chi connectivity index (χ4n) is 0.547. The molecule has 0 rings (SSSR count). The van der Waals surface area contributed by atoms with Crippen LogP contribution in [-0.4, -0.2) is 35.2 Å². The zero-order valence-corrected chi connectivity index (χ0v) is 8.48. The fourth-order valence-corrected chi connectivity index (χ4v) is 0.547. The third kappa shape index (κ3) is 4.80. The fraction of sp³-hybridized carbons (Fsp3) is 0.444. The summed E-state index contributed by atoms with van der Waals surface area (Å²) in [5, 5.41) is 8.61. The lowest BCUT2D eigenvalue weighted by molar-refractivity contribution is -0.178. The first-order valence-electron chi connectivity index (χ1n) is 4.04. The van der Waals surface area contributed by atoms with E-state index in [9.17, 15) is 14.4 Å². The minimum absolute atomic E-state index is 0.637. The van der Waals surface area contributed by atoms with Crippen LogP contribution in [0.4, 0.5) is 0 Å². The number of aliphatic carboxylic acids is 1. The van der Waals surface area contributed by atoms with E-state index >= 15 is 0 Å². The average molecular weight is 216 g/mol. The van der Waals surface area contributed by atoms with Crippen molar-refractivity contribution in [2.24, 2.45) is 0 Å². The van der Waals surface area contributed by atoms with Gasteiger partial charge in [-0.2, -0.15) is 0 Å². The number of ether oxygens (including phenoxy) is 2. The van der Waals surface area contributed by atoms with E-state index in [0.29, 0.717) is 0 Å². The van der Waals surface area contributed by atoms with Crippen LogP contribution < -0.4 is 0 Å². The molecule has 6 nitrogen and oxygen atoms in total. The van der Waals surface area contributed by atoms with Gasteiger partial charge < -0.3 is 14.6 Å². The van der Waals surface area contributed by atoms with E-state index in [0.717, 1.165) is 6.08 Å². The summed E-state index contributed by atoms with van der Waals surface area (Å²) in [5.41, 5.74) is -1.64. The zero-order chi connectivity index (χ0) is 12.1. The van der Waals surface area contributed by atoms with Crippen molar-refractivity contribution >= 4 is 17.9 Å². The molecule has 6 heteroatoms. The molecule has 0 amide bonds. The molecule has 0 aromatic heterocycles. The highest BCUT2D eigenvalue weighted by atomic mass is 16.6. The third-order valence-electron chi connectivity index (χ3n) is 1.38. The maximum atomic E-state index is 11.0. The van der Waals surface area contributed by atoms with Crippen molar-refractivity contribution in [1.29, 1.82) is 0 Å². The van der Waals surface area contributed by atoms with Gasteiger partial charge in [-0.25, -0.2) is 14.4 Å². The molecular formula is C9H12O6. The Morgan fingerprint density at radius 3 is 2.33 bits per heavy atom. The lowest BCUT2D eigenvalue weighted by Crippen LogP contribution is -2.38. The maximum Gasteiger partial charge on any atom is 0.347 e. The van der Waals surface area contributed by atoms with Gasteiger partial charge in [0.15, 0.2) is 6.61 Å². The number of carboxylic acid groups (broad SMARTS) is 1. The SMILES string of the molecule is C=CC(=O)OCC(=O)OC(C)(C)C(=O)O. The van der Waals surface area contributed by atoms with Crippen LogP contribution in [0.1, 0.15) is 13.8 Å². The second-order valence-electron chi connectivity index (χ2n) is 3.10. The molecule has 0 aliphatic heterocycles. The smallest absolute Gasteiger partial charge is 0.347 e. The van der Waals surface area contributed by atoms with Gasteiger partial charge in [-0.05, 0) is 13.8 Å². The largest absolute Gasteiger partial charge is 0.478 e. The van der Waals surface area contributed by atoms with Gasteiger partial charge in [0.05, 0.1) is 0 Å². The average Bonchev–Trinajstić information content (AvgIpc) is 2.13. The second kappa shape index (κ2) is 5.14. The first-order valence-corrected chi connectivity index (χ1v) is 4.04. The van der Waals surface area contributed by atoms with Gasteiger partial charge in [-0.15, -0.1) is 0 Å². The van der Waals surface area contributed by atoms with Crippen molar-refractivity contribution < 1.29 is 29.0 Å². The van der Waals surface area contributed by atoms with E-state index in [-0.39, 0.29) is 0 Å². The van der Waals surface area contributed by atoms with E-state index in [1.807, 2.05) is 0 Å². The topological polar surface area (TPSA) is 89.9 Å². The molecule has 0 aromatic carbocycles. The molecule has 1 N–H and O–H groups in total. The third-order valence-corrected chi connectivity index (χ3v) is 1.38. The van der Waals surface area contributed by atoms with E-state index in [1.54, 1.807) is 0 Å². The van der Waals surface area contributed by atoms with Gasteiger partial charge in [0, 0.05) is 6.08 Å². The van der Waals surface area contributed by atoms with Gasteiger partial charge in [0.2, 0.25) is 5.60 Å². The number of hydrogen-bond acceptors (Lipinski definition) is 5. The first kappa shape index (κ1) is 13.2. The minimum Gasteiger partial charge on any atom is -0.478 e. The molecule has 0 radical (unpaired) electrons. The Balaban J connectivity index is 4.10. The van der Waals surface area contributed by atoms with Gasteiger partial charge >= 0.3 is 17.9 Å². The number of carbonyl (C=O) groups excluding carboxylic acids is 2. The van der Waals surface area contributed by atoms with Crippen LogP contribution in [-0.2, 0) is 23.9 Å². The molecule has 0 fully saturated rings. The summed E-state index contributed by atoms with van der Waals surface area (Å²) in [7, 11) is 0. The Morgan fingerprint density at radius 1 is 1.40 bits per heavy atom. The van der Waals surface area contributed by atoms with Crippen molar-refractivity contribution in [3.05, 3.63) is 12.7 Å². The highest BCUT2D eigenvalue weighted by molar-refractivity contribution is 5.85.